The lowest BCUT2D eigenvalue weighted by Gasteiger charge is -2.32. The Labute approximate surface area is 137 Å². The Balaban J connectivity index is 1.43. The molecule has 2 aromatic heterocycles. The molecule has 0 saturated carbocycles. The predicted molar refractivity (Wildman–Crippen MR) is 90.9 cm³/mol. The molecule has 2 aliphatic rings. The molecule has 6 heteroatoms. The summed E-state index contributed by atoms with van der Waals surface area (Å²) in [5, 5.41) is 4.30. The first-order valence-electron chi connectivity index (χ1n) is 8.60. The summed E-state index contributed by atoms with van der Waals surface area (Å²) < 4.78 is 1.90. The molecule has 2 fully saturated rings. The Morgan fingerprint density at radius 3 is 2.22 bits per heavy atom. The van der Waals surface area contributed by atoms with Crippen LogP contribution in [0.25, 0.3) is 0 Å². The quantitative estimate of drug-likeness (QED) is 0.869. The first-order chi connectivity index (χ1) is 11.3. The maximum atomic E-state index is 4.51. The number of piperidine rings is 1. The standard InChI is InChI=1S/C17H24N6/c1-21-12-15(11-20-21)14-4-8-23(9-5-14)17-10-16(18-13-19-17)22-6-2-3-7-22/h10-14H,2-9H2,1H3. The second-order valence-electron chi connectivity index (χ2n) is 6.64. The van der Waals surface area contributed by atoms with Gasteiger partial charge in [-0.1, -0.05) is 0 Å². The van der Waals surface area contributed by atoms with Gasteiger partial charge >= 0.3 is 0 Å². The number of rotatable bonds is 3. The molecule has 0 unspecified atom stereocenters. The summed E-state index contributed by atoms with van der Waals surface area (Å²) in [7, 11) is 1.99. The molecule has 4 heterocycles. The van der Waals surface area contributed by atoms with Crippen LogP contribution in [-0.4, -0.2) is 45.9 Å². The van der Waals surface area contributed by atoms with Crippen LogP contribution < -0.4 is 9.80 Å². The van der Waals surface area contributed by atoms with Crippen LogP contribution in [0.1, 0.15) is 37.2 Å². The number of aryl methyl sites for hydroxylation is 1. The molecule has 6 nitrogen and oxygen atoms in total. The summed E-state index contributed by atoms with van der Waals surface area (Å²) in [6.07, 6.45) is 10.7. The highest BCUT2D eigenvalue weighted by Crippen LogP contribution is 2.30. The van der Waals surface area contributed by atoms with E-state index < -0.39 is 0 Å². The second kappa shape index (κ2) is 6.18. The Bertz CT molecular complexity index is 653. The van der Waals surface area contributed by atoms with Crippen molar-refractivity contribution in [1.29, 1.82) is 0 Å². The summed E-state index contributed by atoms with van der Waals surface area (Å²) in [5.74, 6) is 2.79. The SMILES string of the molecule is Cn1cc(C2CCN(c3cc(N4CCCC4)ncn3)CC2)cn1. The van der Waals surface area contributed by atoms with Crippen molar-refractivity contribution in [2.75, 3.05) is 36.0 Å². The van der Waals surface area contributed by atoms with Crippen LogP contribution in [0.4, 0.5) is 11.6 Å². The monoisotopic (exact) mass is 312 g/mol. The fourth-order valence-electron chi connectivity index (χ4n) is 3.72. The van der Waals surface area contributed by atoms with Crippen LogP contribution in [-0.2, 0) is 7.05 Å². The van der Waals surface area contributed by atoms with Gasteiger partial charge in [0.05, 0.1) is 6.20 Å². The molecule has 23 heavy (non-hydrogen) atoms. The molecule has 2 aromatic rings. The highest BCUT2D eigenvalue weighted by molar-refractivity contribution is 5.50. The van der Waals surface area contributed by atoms with Crippen molar-refractivity contribution >= 4 is 11.6 Å². The van der Waals surface area contributed by atoms with E-state index in [1.165, 1.54) is 18.4 Å². The molecule has 2 saturated heterocycles. The third kappa shape index (κ3) is 3.02. The molecule has 0 radical (unpaired) electrons. The number of hydrogen-bond acceptors (Lipinski definition) is 5. The lowest BCUT2D eigenvalue weighted by molar-refractivity contribution is 0.502. The maximum Gasteiger partial charge on any atom is 0.134 e. The normalized spacial score (nSPS) is 19.5. The summed E-state index contributed by atoms with van der Waals surface area (Å²) in [6, 6.07) is 2.16. The van der Waals surface area contributed by atoms with Gasteiger partial charge in [-0.15, -0.1) is 0 Å². The van der Waals surface area contributed by atoms with E-state index in [0.29, 0.717) is 5.92 Å². The molecule has 0 amide bonds. The second-order valence-corrected chi connectivity index (χ2v) is 6.64. The lowest BCUT2D eigenvalue weighted by atomic mass is 9.91. The molecule has 0 spiro atoms. The van der Waals surface area contributed by atoms with Gasteiger partial charge in [0.2, 0.25) is 0 Å². The van der Waals surface area contributed by atoms with Gasteiger partial charge in [-0.05, 0) is 37.2 Å². The lowest BCUT2D eigenvalue weighted by Crippen LogP contribution is -2.33. The van der Waals surface area contributed by atoms with E-state index in [2.05, 4.69) is 37.1 Å². The molecular formula is C17H24N6. The van der Waals surface area contributed by atoms with Gasteiger partial charge < -0.3 is 9.80 Å². The first-order valence-corrected chi connectivity index (χ1v) is 8.60. The fourth-order valence-corrected chi connectivity index (χ4v) is 3.72. The molecule has 122 valence electrons. The Kier molecular flexibility index (Phi) is 3.89. The van der Waals surface area contributed by atoms with E-state index in [9.17, 15) is 0 Å². The van der Waals surface area contributed by atoms with Gasteiger partial charge in [-0.2, -0.15) is 5.10 Å². The van der Waals surface area contributed by atoms with Crippen LogP contribution in [0.5, 0.6) is 0 Å². The van der Waals surface area contributed by atoms with Gasteiger partial charge in [0.25, 0.3) is 0 Å². The van der Waals surface area contributed by atoms with Crippen molar-refractivity contribution in [1.82, 2.24) is 19.7 Å². The molecule has 0 aromatic carbocycles. The molecule has 0 atom stereocenters. The third-order valence-corrected chi connectivity index (χ3v) is 5.08. The van der Waals surface area contributed by atoms with Crippen LogP contribution in [0.15, 0.2) is 24.8 Å². The smallest absolute Gasteiger partial charge is 0.134 e. The van der Waals surface area contributed by atoms with Gasteiger partial charge in [0.15, 0.2) is 0 Å². The maximum absolute atomic E-state index is 4.51. The number of hydrogen-bond donors (Lipinski definition) is 0. The predicted octanol–water partition coefficient (Wildman–Crippen LogP) is 2.19. The van der Waals surface area contributed by atoms with Crippen molar-refractivity contribution in [3.63, 3.8) is 0 Å². The van der Waals surface area contributed by atoms with Crippen LogP contribution >= 0.6 is 0 Å². The minimum absolute atomic E-state index is 0.625. The third-order valence-electron chi connectivity index (χ3n) is 5.08. The average molecular weight is 312 g/mol. The minimum Gasteiger partial charge on any atom is -0.356 e. The zero-order chi connectivity index (χ0) is 15.6. The molecule has 2 aliphatic heterocycles. The zero-order valence-electron chi connectivity index (χ0n) is 13.7. The summed E-state index contributed by atoms with van der Waals surface area (Å²) >= 11 is 0. The minimum atomic E-state index is 0.625. The number of nitrogens with zero attached hydrogens (tertiary/aromatic N) is 6. The van der Waals surface area contributed by atoms with Crippen LogP contribution in [0, 0.1) is 0 Å². The highest BCUT2D eigenvalue weighted by Gasteiger charge is 2.23. The summed E-state index contributed by atoms with van der Waals surface area (Å²) in [6.45, 7) is 4.35. The van der Waals surface area contributed by atoms with Crippen molar-refractivity contribution in [3.8, 4) is 0 Å². The van der Waals surface area contributed by atoms with E-state index in [1.807, 2.05) is 17.9 Å². The number of anilines is 2. The molecule has 0 aliphatic carbocycles. The van der Waals surface area contributed by atoms with Crippen molar-refractivity contribution < 1.29 is 0 Å². The molecule has 0 N–H and O–H groups in total. The van der Waals surface area contributed by atoms with Gasteiger partial charge in [-0.3, -0.25) is 4.68 Å². The Hall–Kier alpha value is -2.11. The van der Waals surface area contributed by atoms with E-state index >= 15 is 0 Å². The van der Waals surface area contributed by atoms with Crippen molar-refractivity contribution in [2.45, 2.75) is 31.6 Å². The molecular weight excluding hydrogens is 288 g/mol. The Morgan fingerprint density at radius 1 is 0.957 bits per heavy atom. The van der Waals surface area contributed by atoms with Gasteiger partial charge in [0.1, 0.15) is 18.0 Å². The average Bonchev–Trinajstić information content (AvgIpc) is 3.27. The zero-order valence-corrected chi connectivity index (χ0v) is 13.7. The van der Waals surface area contributed by atoms with Gasteiger partial charge in [-0.25, -0.2) is 9.97 Å². The molecule has 0 bridgehead atoms. The van der Waals surface area contributed by atoms with Gasteiger partial charge in [0, 0.05) is 45.5 Å². The summed E-state index contributed by atoms with van der Waals surface area (Å²) in [5.41, 5.74) is 1.37. The Morgan fingerprint density at radius 2 is 1.61 bits per heavy atom. The largest absolute Gasteiger partial charge is 0.356 e. The van der Waals surface area contributed by atoms with Crippen molar-refractivity contribution in [3.05, 3.63) is 30.4 Å². The van der Waals surface area contributed by atoms with E-state index in [4.69, 9.17) is 0 Å². The van der Waals surface area contributed by atoms with E-state index in [1.54, 1.807) is 6.33 Å². The molecule has 4 rings (SSSR count). The van der Waals surface area contributed by atoms with E-state index in [-0.39, 0.29) is 0 Å². The topological polar surface area (TPSA) is 50.1 Å². The summed E-state index contributed by atoms with van der Waals surface area (Å²) in [4.78, 5) is 13.7. The van der Waals surface area contributed by atoms with E-state index in [0.717, 1.165) is 50.7 Å². The van der Waals surface area contributed by atoms with Crippen LogP contribution in [0.3, 0.4) is 0 Å². The fraction of sp³-hybridized carbons (Fsp3) is 0.588. The number of aromatic nitrogens is 4. The van der Waals surface area contributed by atoms with Crippen molar-refractivity contribution in [2.24, 2.45) is 7.05 Å². The van der Waals surface area contributed by atoms with Crippen LogP contribution in [0.2, 0.25) is 0 Å². The first kappa shape index (κ1) is 14.5. The highest BCUT2D eigenvalue weighted by atomic mass is 15.2.